The first kappa shape index (κ1) is 18.1. The zero-order valence-electron chi connectivity index (χ0n) is 15.8. The number of carbonyl (C=O) groups excluding carboxylic acids is 1. The summed E-state index contributed by atoms with van der Waals surface area (Å²) in [7, 11) is 3.64. The van der Waals surface area contributed by atoms with Crippen molar-refractivity contribution in [2.45, 2.75) is 25.3 Å². The van der Waals surface area contributed by atoms with Crippen LogP contribution >= 0.6 is 11.3 Å². The molecule has 3 aromatic rings. The zero-order chi connectivity index (χ0) is 18.8. The number of pyridine rings is 2. The third-order valence-corrected chi connectivity index (χ3v) is 6.27. The lowest BCUT2D eigenvalue weighted by molar-refractivity contribution is 0.0830. The van der Waals surface area contributed by atoms with E-state index in [-0.39, 0.29) is 5.91 Å². The van der Waals surface area contributed by atoms with Gasteiger partial charge in [-0.2, -0.15) is 0 Å². The van der Waals surface area contributed by atoms with Gasteiger partial charge in [0.25, 0.3) is 5.91 Å². The van der Waals surface area contributed by atoms with Crippen LogP contribution in [-0.2, 0) is 6.54 Å². The number of thiophene rings is 1. The number of fused-ring (bicyclic) bond motifs is 1. The number of nitrogens with zero attached hydrogens (tertiary/aromatic N) is 4. The fourth-order valence-electron chi connectivity index (χ4n) is 3.90. The third kappa shape index (κ3) is 3.73. The van der Waals surface area contributed by atoms with E-state index in [0.29, 0.717) is 5.92 Å². The molecule has 27 heavy (non-hydrogen) atoms. The van der Waals surface area contributed by atoms with Gasteiger partial charge in [-0.05, 0) is 48.6 Å². The van der Waals surface area contributed by atoms with Crippen LogP contribution in [0.2, 0.25) is 0 Å². The van der Waals surface area contributed by atoms with Gasteiger partial charge in [-0.3, -0.25) is 14.7 Å². The molecule has 140 valence electrons. The predicted octanol–water partition coefficient (Wildman–Crippen LogP) is 3.77. The summed E-state index contributed by atoms with van der Waals surface area (Å²) in [5.74, 6) is 0.435. The minimum Gasteiger partial charge on any atom is -0.344 e. The van der Waals surface area contributed by atoms with Crippen LogP contribution in [0.15, 0.2) is 42.9 Å². The molecule has 0 N–H and O–H groups in total. The van der Waals surface area contributed by atoms with Crippen LogP contribution in [0.4, 0.5) is 0 Å². The van der Waals surface area contributed by atoms with E-state index in [1.165, 1.54) is 22.5 Å². The van der Waals surface area contributed by atoms with E-state index in [0.717, 1.165) is 47.6 Å². The number of hydrogen-bond donors (Lipinski definition) is 0. The molecule has 1 atom stereocenters. The van der Waals surface area contributed by atoms with E-state index in [2.05, 4.69) is 27.0 Å². The van der Waals surface area contributed by atoms with E-state index < -0.39 is 0 Å². The smallest absolute Gasteiger partial charge is 0.263 e. The maximum absolute atomic E-state index is 12.8. The first-order valence-electron chi connectivity index (χ1n) is 9.34. The van der Waals surface area contributed by atoms with Gasteiger partial charge in [0.1, 0.15) is 4.83 Å². The second-order valence-corrected chi connectivity index (χ2v) is 8.34. The Morgan fingerprint density at radius 1 is 1.30 bits per heavy atom. The van der Waals surface area contributed by atoms with Gasteiger partial charge < -0.3 is 4.90 Å². The highest BCUT2D eigenvalue weighted by Crippen LogP contribution is 2.39. The monoisotopic (exact) mass is 380 g/mol. The molecule has 6 heteroatoms. The zero-order valence-corrected chi connectivity index (χ0v) is 16.6. The Balaban J connectivity index is 1.66. The van der Waals surface area contributed by atoms with Gasteiger partial charge in [-0.1, -0.05) is 12.1 Å². The summed E-state index contributed by atoms with van der Waals surface area (Å²) in [6.07, 6.45) is 7.80. The topological polar surface area (TPSA) is 49.3 Å². The van der Waals surface area contributed by atoms with Crippen molar-refractivity contribution in [3.63, 3.8) is 0 Å². The van der Waals surface area contributed by atoms with Crippen molar-refractivity contribution < 1.29 is 4.79 Å². The minimum absolute atomic E-state index is 0.0809. The Bertz CT molecular complexity index is 938. The van der Waals surface area contributed by atoms with Crippen molar-refractivity contribution in [3.8, 4) is 0 Å². The van der Waals surface area contributed by atoms with Gasteiger partial charge in [0.15, 0.2) is 0 Å². The van der Waals surface area contributed by atoms with Crippen LogP contribution in [0, 0.1) is 0 Å². The highest BCUT2D eigenvalue weighted by Gasteiger charge is 2.29. The summed E-state index contributed by atoms with van der Waals surface area (Å²) in [6, 6.07) is 8.20. The van der Waals surface area contributed by atoms with Crippen LogP contribution in [0.25, 0.3) is 10.2 Å². The summed E-state index contributed by atoms with van der Waals surface area (Å²) in [6.45, 7) is 2.95. The first-order valence-corrected chi connectivity index (χ1v) is 10.2. The number of piperidine rings is 1. The molecule has 1 saturated heterocycles. The van der Waals surface area contributed by atoms with E-state index in [1.54, 1.807) is 4.90 Å². The maximum Gasteiger partial charge on any atom is 0.263 e. The molecule has 5 nitrogen and oxygen atoms in total. The van der Waals surface area contributed by atoms with Crippen LogP contribution < -0.4 is 0 Å². The summed E-state index contributed by atoms with van der Waals surface area (Å²) in [5.41, 5.74) is 2.43. The Morgan fingerprint density at radius 2 is 2.15 bits per heavy atom. The number of likely N-dealkylation sites (tertiary alicyclic amines) is 1. The standard InChI is InChI=1S/C21H24N4OS/c1-24(2)21(26)19-18(17-8-4-10-23-20(17)27-19)16-7-5-11-25(14-16)13-15-6-3-9-22-12-15/h3-4,6,8-10,12,16H,5,7,11,13-14H2,1-2H3/t16-/m0/s1. The maximum atomic E-state index is 12.8. The van der Waals surface area contributed by atoms with Crippen molar-refractivity contribution in [2.24, 2.45) is 0 Å². The van der Waals surface area contributed by atoms with Crippen molar-refractivity contribution in [2.75, 3.05) is 27.2 Å². The normalized spacial score (nSPS) is 17.9. The molecule has 1 aliphatic rings. The Kier molecular flexibility index (Phi) is 5.18. The molecular weight excluding hydrogens is 356 g/mol. The predicted molar refractivity (Wildman–Crippen MR) is 109 cm³/mol. The highest BCUT2D eigenvalue weighted by atomic mass is 32.1. The quantitative estimate of drug-likeness (QED) is 0.691. The van der Waals surface area contributed by atoms with Gasteiger partial charge in [0.05, 0.1) is 4.88 Å². The lowest BCUT2D eigenvalue weighted by atomic mass is 9.88. The lowest BCUT2D eigenvalue weighted by Crippen LogP contribution is -2.34. The number of aromatic nitrogens is 2. The number of hydrogen-bond acceptors (Lipinski definition) is 5. The molecule has 0 radical (unpaired) electrons. The molecule has 0 aliphatic carbocycles. The van der Waals surface area contributed by atoms with Crippen molar-refractivity contribution >= 4 is 27.5 Å². The van der Waals surface area contributed by atoms with Gasteiger partial charge in [0.2, 0.25) is 0 Å². The van der Waals surface area contributed by atoms with Crippen LogP contribution in [0.1, 0.15) is 39.6 Å². The summed E-state index contributed by atoms with van der Waals surface area (Å²) in [4.78, 5) is 27.5. The summed E-state index contributed by atoms with van der Waals surface area (Å²) < 4.78 is 0. The molecule has 1 amide bonds. The molecule has 0 saturated carbocycles. The van der Waals surface area contributed by atoms with Crippen molar-refractivity contribution in [3.05, 3.63) is 58.9 Å². The van der Waals surface area contributed by atoms with Crippen LogP contribution in [-0.4, -0.2) is 52.9 Å². The fourth-order valence-corrected chi connectivity index (χ4v) is 5.15. The molecule has 0 bridgehead atoms. The largest absolute Gasteiger partial charge is 0.344 e. The molecule has 3 aromatic heterocycles. The molecule has 1 aliphatic heterocycles. The first-order chi connectivity index (χ1) is 13.1. The van der Waals surface area contributed by atoms with Crippen molar-refractivity contribution in [1.82, 2.24) is 19.8 Å². The fraction of sp³-hybridized carbons (Fsp3) is 0.381. The van der Waals surface area contributed by atoms with E-state index >= 15 is 0 Å². The molecule has 0 aromatic carbocycles. The molecule has 4 rings (SSSR count). The molecular formula is C21H24N4OS. The van der Waals surface area contributed by atoms with Crippen LogP contribution in [0.5, 0.6) is 0 Å². The Labute approximate surface area is 163 Å². The Hall–Kier alpha value is -2.31. The van der Waals surface area contributed by atoms with E-state index in [4.69, 9.17) is 0 Å². The summed E-state index contributed by atoms with van der Waals surface area (Å²) >= 11 is 1.53. The van der Waals surface area contributed by atoms with Gasteiger partial charge in [-0.15, -0.1) is 11.3 Å². The van der Waals surface area contributed by atoms with Gasteiger partial charge in [0, 0.05) is 51.2 Å². The van der Waals surface area contributed by atoms with Gasteiger partial charge >= 0.3 is 0 Å². The summed E-state index contributed by atoms with van der Waals surface area (Å²) in [5, 5.41) is 1.14. The molecule has 0 spiro atoms. The molecule has 4 heterocycles. The van der Waals surface area contributed by atoms with E-state index in [9.17, 15) is 4.79 Å². The average molecular weight is 381 g/mol. The number of amides is 1. The molecule has 1 fully saturated rings. The van der Waals surface area contributed by atoms with E-state index in [1.807, 2.05) is 44.8 Å². The third-order valence-electron chi connectivity index (χ3n) is 5.15. The second kappa shape index (κ2) is 7.74. The van der Waals surface area contributed by atoms with Gasteiger partial charge in [-0.25, -0.2) is 4.98 Å². The SMILES string of the molecule is CN(C)C(=O)c1sc2ncccc2c1[C@H]1CCCN(Cc2cccnc2)C1. The molecule has 0 unspecified atom stereocenters. The number of carbonyl (C=O) groups is 1. The lowest BCUT2D eigenvalue weighted by Gasteiger charge is -2.33. The highest BCUT2D eigenvalue weighted by molar-refractivity contribution is 7.20. The average Bonchev–Trinajstić information content (AvgIpc) is 3.07. The minimum atomic E-state index is 0.0809. The Morgan fingerprint density at radius 3 is 2.93 bits per heavy atom. The second-order valence-electron chi connectivity index (χ2n) is 7.34. The number of rotatable bonds is 4. The van der Waals surface area contributed by atoms with Crippen molar-refractivity contribution in [1.29, 1.82) is 0 Å². The van der Waals surface area contributed by atoms with Crippen LogP contribution in [0.3, 0.4) is 0 Å².